The number of aromatic nitrogens is 1. The van der Waals surface area contributed by atoms with E-state index in [9.17, 15) is 23.3 Å². The number of nitrogens with zero attached hydrogens (tertiary/aromatic N) is 2. The summed E-state index contributed by atoms with van der Waals surface area (Å²) in [5.74, 6) is -0.460. The van der Waals surface area contributed by atoms with Crippen molar-refractivity contribution in [2.75, 3.05) is 0 Å². The lowest BCUT2D eigenvalue weighted by Gasteiger charge is -2.18. The van der Waals surface area contributed by atoms with Gasteiger partial charge in [-0.1, -0.05) is 35.9 Å². The van der Waals surface area contributed by atoms with Gasteiger partial charge in [-0.15, -0.1) is 0 Å². The third-order valence-electron chi connectivity index (χ3n) is 4.50. The number of nitro groups is 1. The van der Waals surface area contributed by atoms with Gasteiger partial charge >= 0.3 is 0 Å². The monoisotopic (exact) mass is 410 g/mol. The number of sulfone groups is 1. The zero-order valence-electron chi connectivity index (χ0n) is 15.6. The zero-order chi connectivity index (χ0) is 21.0. The van der Waals surface area contributed by atoms with Crippen LogP contribution in [-0.4, -0.2) is 24.1 Å². The summed E-state index contributed by atoms with van der Waals surface area (Å²) in [6, 6.07) is 16.4. The SMILES string of the molecule is Cc1ccc(S(=O)(=O)C(CC(=O)c2ccccn2)c2cccc([N+](=O)[O-])c2)cc1. The quantitative estimate of drug-likeness (QED) is 0.330. The Kier molecular flexibility index (Phi) is 5.84. The average molecular weight is 410 g/mol. The lowest BCUT2D eigenvalue weighted by molar-refractivity contribution is -0.384. The van der Waals surface area contributed by atoms with Gasteiger partial charge in [-0.05, 0) is 36.8 Å². The molecule has 148 valence electrons. The van der Waals surface area contributed by atoms with Crippen molar-refractivity contribution in [1.82, 2.24) is 4.98 Å². The average Bonchev–Trinajstić information content (AvgIpc) is 2.72. The van der Waals surface area contributed by atoms with E-state index >= 15 is 0 Å². The number of aryl methyl sites for hydroxylation is 1. The molecule has 0 aliphatic rings. The van der Waals surface area contributed by atoms with Crippen molar-refractivity contribution in [2.24, 2.45) is 0 Å². The van der Waals surface area contributed by atoms with E-state index in [1.54, 1.807) is 24.3 Å². The first kappa shape index (κ1) is 20.3. The fraction of sp³-hybridized carbons (Fsp3) is 0.143. The Bertz CT molecular complexity index is 1140. The molecule has 0 spiro atoms. The molecule has 8 heteroatoms. The highest BCUT2D eigenvalue weighted by molar-refractivity contribution is 7.91. The maximum Gasteiger partial charge on any atom is 0.269 e. The summed E-state index contributed by atoms with van der Waals surface area (Å²) in [6.45, 7) is 1.83. The molecule has 0 bridgehead atoms. The molecule has 0 aliphatic heterocycles. The van der Waals surface area contributed by atoms with Gasteiger partial charge in [0.1, 0.15) is 5.69 Å². The van der Waals surface area contributed by atoms with E-state index in [-0.39, 0.29) is 28.3 Å². The van der Waals surface area contributed by atoms with E-state index in [0.717, 1.165) is 5.56 Å². The number of rotatable bonds is 7. The number of non-ortho nitro benzene ring substituents is 1. The van der Waals surface area contributed by atoms with E-state index < -0.39 is 25.8 Å². The Labute approximate surface area is 168 Å². The van der Waals surface area contributed by atoms with E-state index in [2.05, 4.69) is 4.98 Å². The summed E-state index contributed by atoms with van der Waals surface area (Å²) < 4.78 is 26.7. The largest absolute Gasteiger partial charge is 0.292 e. The smallest absolute Gasteiger partial charge is 0.269 e. The molecule has 0 saturated carbocycles. The van der Waals surface area contributed by atoms with E-state index in [1.807, 2.05) is 6.92 Å². The Morgan fingerprint density at radius 1 is 1.07 bits per heavy atom. The molecule has 3 rings (SSSR count). The van der Waals surface area contributed by atoms with E-state index in [4.69, 9.17) is 0 Å². The van der Waals surface area contributed by atoms with E-state index in [0.29, 0.717) is 0 Å². The first-order valence-corrected chi connectivity index (χ1v) is 10.3. The van der Waals surface area contributed by atoms with Gasteiger partial charge in [-0.3, -0.25) is 19.9 Å². The number of carbonyl (C=O) groups is 1. The number of Topliss-reactive ketones (excluding diaryl/α,β-unsaturated/α-hetero) is 1. The highest BCUT2D eigenvalue weighted by atomic mass is 32.2. The molecule has 1 heterocycles. The van der Waals surface area contributed by atoms with Crippen LogP contribution in [-0.2, 0) is 9.84 Å². The van der Waals surface area contributed by atoms with Gasteiger partial charge in [0.15, 0.2) is 15.6 Å². The predicted molar refractivity (Wildman–Crippen MR) is 107 cm³/mol. The molecule has 7 nitrogen and oxygen atoms in total. The van der Waals surface area contributed by atoms with Gasteiger partial charge in [0.2, 0.25) is 0 Å². The Morgan fingerprint density at radius 3 is 2.41 bits per heavy atom. The third kappa shape index (κ3) is 4.55. The number of carbonyl (C=O) groups excluding carboxylic acids is 1. The van der Waals surface area contributed by atoms with Gasteiger partial charge in [0, 0.05) is 24.8 Å². The fourth-order valence-corrected chi connectivity index (χ4v) is 4.66. The second-order valence-corrected chi connectivity index (χ2v) is 8.67. The van der Waals surface area contributed by atoms with Crippen LogP contribution in [0.1, 0.15) is 33.3 Å². The van der Waals surface area contributed by atoms with Gasteiger partial charge in [-0.25, -0.2) is 8.42 Å². The van der Waals surface area contributed by atoms with Gasteiger partial charge < -0.3 is 0 Å². The molecule has 0 fully saturated rings. The van der Waals surface area contributed by atoms with Crippen molar-refractivity contribution in [3.8, 4) is 0 Å². The lowest BCUT2D eigenvalue weighted by atomic mass is 10.0. The molecule has 0 radical (unpaired) electrons. The lowest BCUT2D eigenvalue weighted by Crippen LogP contribution is -2.18. The molecule has 1 unspecified atom stereocenters. The number of hydrogen-bond donors (Lipinski definition) is 0. The number of nitro benzene ring substituents is 1. The minimum Gasteiger partial charge on any atom is -0.292 e. The van der Waals surface area contributed by atoms with Gasteiger partial charge in [0.25, 0.3) is 5.69 Å². The van der Waals surface area contributed by atoms with Gasteiger partial charge in [0.05, 0.1) is 15.1 Å². The summed E-state index contributed by atoms with van der Waals surface area (Å²) in [7, 11) is -3.99. The minimum absolute atomic E-state index is 0.0495. The summed E-state index contributed by atoms with van der Waals surface area (Å²) in [6.07, 6.45) is 1.07. The predicted octanol–water partition coefficient (Wildman–Crippen LogP) is 4.09. The van der Waals surface area contributed by atoms with Crippen molar-refractivity contribution in [1.29, 1.82) is 0 Å². The fourth-order valence-electron chi connectivity index (χ4n) is 2.94. The Balaban J connectivity index is 2.08. The first-order chi connectivity index (χ1) is 13.8. The molecule has 3 aromatic rings. The second-order valence-electron chi connectivity index (χ2n) is 6.54. The maximum absolute atomic E-state index is 13.3. The molecule has 29 heavy (non-hydrogen) atoms. The molecule has 0 N–H and O–H groups in total. The Hall–Kier alpha value is -3.39. The van der Waals surface area contributed by atoms with Crippen molar-refractivity contribution < 1.29 is 18.1 Å². The maximum atomic E-state index is 13.3. The number of ketones is 1. The topological polar surface area (TPSA) is 107 Å². The van der Waals surface area contributed by atoms with Crippen LogP contribution < -0.4 is 0 Å². The molecule has 2 aromatic carbocycles. The summed E-state index contributed by atoms with van der Waals surface area (Å²) in [5.41, 5.74) is 0.975. The standard InChI is InChI=1S/C21H18N2O5S/c1-15-8-10-18(11-9-15)29(27,28)21(14-20(24)19-7-2-3-12-22-19)16-5-4-6-17(13-16)23(25)26/h2-13,21H,14H2,1H3. The molecule has 1 atom stereocenters. The number of pyridine rings is 1. The van der Waals surface area contributed by atoms with Crippen LogP contribution in [0.4, 0.5) is 5.69 Å². The molecule has 0 amide bonds. The highest BCUT2D eigenvalue weighted by Gasteiger charge is 2.32. The van der Waals surface area contributed by atoms with Crippen molar-refractivity contribution in [3.05, 3.63) is 99.9 Å². The third-order valence-corrected chi connectivity index (χ3v) is 6.62. The molecular weight excluding hydrogens is 392 g/mol. The van der Waals surface area contributed by atoms with Crippen LogP contribution in [0.25, 0.3) is 0 Å². The number of benzene rings is 2. The van der Waals surface area contributed by atoms with Crippen LogP contribution in [0.3, 0.4) is 0 Å². The Morgan fingerprint density at radius 2 is 1.79 bits per heavy atom. The molecule has 1 aromatic heterocycles. The first-order valence-electron chi connectivity index (χ1n) is 8.78. The molecular formula is C21H18N2O5S. The van der Waals surface area contributed by atoms with Crippen LogP contribution in [0, 0.1) is 17.0 Å². The molecule has 0 aliphatic carbocycles. The summed E-state index contributed by atoms with van der Waals surface area (Å²) in [5, 5.41) is 9.88. The van der Waals surface area contributed by atoms with Gasteiger partial charge in [-0.2, -0.15) is 0 Å². The summed E-state index contributed by atoms with van der Waals surface area (Å²) >= 11 is 0. The van der Waals surface area contributed by atoms with Crippen molar-refractivity contribution in [3.63, 3.8) is 0 Å². The van der Waals surface area contributed by atoms with Crippen LogP contribution in [0.15, 0.2) is 77.8 Å². The second kappa shape index (κ2) is 8.32. The van der Waals surface area contributed by atoms with Crippen LogP contribution in [0.2, 0.25) is 0 Å². The van der Waals surface area contributed by atoms with Crippen molar-refractivity contribution >= 4 is 21.3 Å². The normalized spacial score (nSPS) is 12.3. The van der Waals surface area contributed by atoms with Crippen LogP contribution >= 0.6 is 0 Å². The van der Waals surface area contributed by atoms with Crippen LogP contribution in [0.5, 0.6) is 0 Å². The molecule has 0 saturated heterocycles. The van der Waals surface area contributed by atoms with E-state index in [1.165, 1.54) is 48.7 Å². The number of hydrogen-bond acceptors (Lipinski definition) is 6. The summed E-state index contributed by atoms with van der Waals surface area (Å²) in [4.78, 5) is 27.3. The van der Waals surface area contributed by atoms with Crippen molar-refractivity contribution in [2.45, 2.75) is 23.5 Å². The minimum atomic E-state index is -3.99. The zero-order valence-corrected chi connectivity index (χ0v) is 16.4. The highest BCUT2D eigenvalue weighted by Crippen LogP contribution is 2.34.